The molecule has 1 aromatic heterocycles. The maximum absolute atomic E-state index is 10.7. The number of rotatable bonds is 3. The molecule has 0 aliphatic carbocycles. The van der Waals surface area contributed by atoms with Gasteiger partial charge in [0.2, 0.25) is 0 Å². The van der Waals surface area contributed by atoms with Gasteiger partial charge >= 0.3 is 5.97 Å². The fraction of sp³-hybridized carbons (Fsp3) is 0.167. The van der Waals surface area contributed by atoms with E-state index in [0.717, 1.165) is 0 Å². The first-order valence-corrected chi connectivity index (χ1v) is 5.35. The van der Waals surface area contributed by atoms with Gasteiger partial charge in [0.15, 0.2) is 5.69 Å². The van der Waals surface area contributed by atoms with Crippen LogP contribution in [0.15, 0.2) is 24.3 Å². The van der Waals surface area contributed by atoms with E-state index in [1.165, 1.54) is 12.1 Å². The molecule has 0 aliphatic rings. The van der Waals surface area contributed by atoms with E-state index in [9.17, 15) is 4.79 Å². The Labute approximate surface area is 103 Å². The van der Waals surface area contributed by atoms with Crippen LogP contribution in [-0.2, 0) is 6.42 Å². The van der Waals surface area contributed by atoms with Gasteiger partial charge in [-0.2, -0.15) is 5.26 Å². The molecule has 0 saturated carbocycles. The molecule has 90 valence electrons. The summed E-state index contributed by atoms with van der Waals surface area (Å²) in [7, 11) is 0. The van der Waals surface area contributed by atoms with Crippen LogP contribution in [0.3, 0.4) is 0 Å². The topological polar surface area (TPSA) is 91.8 Å². The molecule has 0 saturated heterocycles. The van der Waals surface area contributed by atoms with Crippen molar-refractivity contribution in [2.75, 3.05) is 0 Å². The van der Waals surface area contributed by atoms with Gasteiger partial charge < -0.3 is 5.11 Å². The third kappa shape index (κ3) is 1.94. The number of aromatic nitrogens is 3. The molecule has 0 radical (unpaired) electrons. The van der Waals surface area contributed by atoms with Crippen LogP contribution in [-0.4, -0.2) is 26.1 Å². The van der Waals surface area contributed by atoms with Crippen molar-refractivity contribution >= 4 is 5.97 Å². The number of aromatic carboxylic acids is 1. The number of carbonyl (C=O) groups is 1. The van der Waals surface area contributed by atoms with Gasteiger partial charge in [-0.15, -0.1) is 5.10 Å². The Kier molecular flexibility index (Phi) is 3.06. The van der Waals surface area contributed by atoms with Gasteiger partial charge in [-0.25, -0.2) is 9.48 Å². The van der Waals surface area contributed by atoms with Crippen LogP contribution < -0.4 is 0 Å². The molecule has 0 bridgehead atoms. The minimum absolute atomic E-state index is 0.206. The van der Waals surface area contributed by atoms with Crippen LogP contribution in [0, 0.1) is 11.3 Å². The SMILES string of the molecule is CCc1c(C#N)nnn1-c1ccc(C(=O)O)cc1. The molecule has 6 heteroatoms. The summed E-state index contributed by atoms with van der Waals surface area (Å²) >= 11 is 0. The molecule has 0 unspecified atom stereocenters. The lowest BCUT2D eigenvalue weighted by molar-refractivity contribution is 0.0697. The predicted molar refractivity (Wildman–Crippen MR) is 62.4 cm³/mol. The summed E-state index contributed by atoms with van der Waals surface area (Å²) in [4.78, 5) is 10.7. The molecule has 1 heterocycles. The van der Waals surface area contributed by atoms with Crippen LogP contribution in [0.1, 0.15) is 28.7 Å². The van der Waals surface area contributed by atoms with E-state index >= 15 is 0 Å². The Hall–Kier alpha value is -2.68. The van der Waals surface area contributed by atoms with Crippen molar-refractivity contribution in [1.29, 1.82) is 5.26 Å². The largest absolute Gasteiger partial charge is 0.478 e. The number of nitrogens with zero attached hydrogens (tertiary/aromatic N) is 4. The highest BCUT2D eigenvalue weighted by atomic mass is 16.4. The summed E-state index contributed by atoms with van der Waals surface area (Å²) in [5.74, 6) is -0.978. The van der Waals surface area contributed by atoms with Crippen molar-refractivity contribution in [2.45, 2.75) is 13.3 Å². The van der Waals surface area contributed by atoms with Crippen molar-refractivity contribution in [1.82, 2.24) is 15.0 Å². The monoisotopic (exact) mass is 242 g/mol. The van der Waals surface area contributed by atoms with Gasteiger partial charge in [0.1, 0.15) is 6.07 Å². The first kappa shape index (κ1) is 11.8. The first-order valence-electron chi connectivity index (χ1n) is 5.35. The van der Waals surface area contributed by atoms with Gasteiger partial charge in [-0.3, -0.25) is 0 Å². The van der Waals surface area contributed by atoms with Gasteiger partial charge in [0.05, 0.1) is 16.9 Å². The highest BCUT2D eigenvalue weighted by molar-refractivity contribution is 5.87. The molecule has 0 spiro atoms. The summed E-state index contributed by atoms with van der Waals surface area (Å²) in [5.41, 5.74) is 1.89. The first-order chi connectivity index (χ1) is 8.67. The highest BCUT2D eigenvalue weighted by Crippen LogP contribution is 2.14. The van der Waals surface area contributed by atoms with Crippen molar-refractivity contribution in [3.05, 3.63) is 41.2 Å². The summed E-state index contributed by atoms with van der Waals surface area (Å²) in [6.07, 6.45) is 0.622. The molecule has 6 nitrogen and oxygen atoms in total. The lowest BCUT2D eigenvalue weighted by Crippen LogP contribution is -2.03. The van der Waals surface area contributed by atoms with E-state index in [1.54, 1.807) is 16.8 Å². The van der Waals surface area contributed by atoms with E-state index in [2.05, 4.69) is 10.3 Å². The van der Waals surface area contributed by atoms with Crippen LogP contribution in [0.4, 0.5) is 0 Å². The number of nitriles is 1. The zero-order valence-electron chi connectivity index (χ0n) is 9.66. The van der Waals surface area contributed by atoms with Crippen molar-refractivity contribution < 1.29 is 9.90 Å². The minimum atomic E-state index is -0.978. The number of carboxylic acids is 1. The third-order valence-electron chi connectivity index (χ3n) is 2.56. The standard InChI is InChI=1S/C12H10N4O2/c1-2-11-10(7-13)14-15-16(11)9-5-3-8(4-6-9)12(17)18/h3-6H,2H2,1H3,(H,17,18). The summed E-state index contributed by atoms with van der Waals surface area (Å²) in [6.45, 7) is 1.90. The fourth-order valence-electron chi connectivity index (χ4n) is 1.66. The average Bonchev–Trinajstić information content (AvgIpc) is 2.81. The van der Waals surface area contributed by atoms with Gasteiger partial charge in [0, 0.05) is 0 Å². The van der Waals surface area contributed by atoms with E-state index < -0.39 is 5.97 Å². The van der Waals surface area contributed by atoms with E-state index in [4.69, 9.17) is 10.4 Å². The molecule has 0 aliphatic heterocycles. The molecular weight excluding hydrogens is 232 g/mol. The normalized spacial score (nSPS) is 10.0. The Morgan fingerprint density at radius 2 is 2.11 bits per heavy atom. The van der Waals surface area contributed by atoms with Gasteiger partial charge in [-0.1, -0.05) is 12.1 Å². The van der Waals surface area contributed by atoms with Crippen LogP contribution in [0.2, 0.25) is 0 Å². The fourth-order valence-corrected chi connectivity index (χ4v) is 1.66. The Morgan fingerprint density at radius 1 is 1.44 bits per heavy atom. The molecule has 1 aromatic carbocycles. The Morgan fingerprint density at radius 3 is 2.61 bits per heavy atom. The predicted octanol–water partition coefficient (Wildman–Crippen LogP) is 1.40. The molecule has 0 fully saturated rings. The van der Waals surface area contributed by atoms with Crippen molar-refractivity contribution in [2.24, 2.45) is 0 Å². The van der Waals surface area contributed by atoms with E-state index in [-0.39, 0.29) is 5.56 Å². The Balaban J connectivity index is 2.46. The number of carboxylic acid groups (broad SMARTS) is 1. The molecule has 2 aromatic rings. The van der Waals surface area contributed by atoms with Gasteiger partial charge in [-0.05, 0) is 30.7 Å². The lowest BCUT2D eigenvalue weighted by Gasteiger charge is -2.04. The molecule has 1 N–H and O–H groups in total. The summed E-state index contributed by atoms with van der Waals surface area (Å²) < 4.78 is 1.55. The highest BCUT2D eigenvalue weighted by Gasteiger charge is 2.12. The minimum Gasteiger partial charge on any atom is -0.478 e. The smallest absolute Gasteiger partial charge is 0.335 e. The third-order valence-corrected chi connectivity index (χ3v) is 2.56. The summed E-state index contributed by atoms with van der Waals surface area (Å²) in [5, 5.41) is 25.4. The van der Waals surface area contributed by atoms with Crippen molar-refractivity contribution in [3.8, 4) is 11.8 Å². The van der Waals surface area contributed by atoms with E-state index in [1.807, 2.05) is 13.0 Å². The summed E-state index contributed by atoms with van der Waals surface area (Å²) in [6, 6.07) is 8.23. The number of hydrogen-bond donors (Lipinski definition) is 1. The van der Waals surface area contributed by atoms with Crippen LogP contribution in [0.25, 0.3) is 5.69 Å². The molecular formula is C12H10N4O2. The maximum atomic E-state index is 10.7. The van der Waals surface area contributed by atoms with Gasteiger partial charge in [0.25, 0.3) is 0 Å². The maximum Gasteiger partial charge on any atom is 0.335 e. The second-order valence-electron chi connectivity index (χ2n) is 3.61. The zero-order valence-corrected chi connectivity index (χ0v) is 9.66. The quantitative estimate of drug-likeness (QED) is 0.878. The second-order valence-corrected chi connectivity index (χ2v) is 3.61. The zero-order chi connectivity index (χ0) is 13.1. The molecule has 0 amide bonds. The van der Waals surface area contributed by atoms with Crippen LogP contribution in [0.5, 0.6) is 0 Å². The molecule has 0 atom stereocenters. The number of hydrogen-bond acceptors (Lipinski definition) is 4. The van der Waals surface area contributed by atoms with Crippen molar-refractivity contribution in [3.63, 3.8) is 0 Å². The second kappa shape index (κ2) is 4.67. The van der Waals surface area contributed by atoms with Crippen LogP contribution >= 0.6 is 0 Å². The molecule has 2 rings (SSSR count). The number of benzene rings is 1. The average molecular weight is 242 g/mol. The Bertz CT molecular complexity index is 623. The lowest BCUT2D eigenvalue weighted by atomic mass is 10.2. The van der Waals surface area contributed by atoms with E-state index in [0.29, 0.717) is 23.5 Å². The molecule has 18 heavy (non-hydrogen) atoms.